The Balaban J connectivity index is 3.21. The van der Waals surface area contributed by atoms with Gasteiger partial charge in [0.1, 0.15) is 11.9 Å². The van der Waals surface area contributed by atoms with Gasteiger partial charge in [-0.25, -0.2) is 9.18 Å². The molecule has 0 saturated heterocycles. The molecule has 0 N–H and O–H groups in total. The average Bonchev–Trinajstić information content (AvgIpc) is 2.28. The van der Waals surface area contributed by atoms with Crippen LogP contribution in [0.5, 0.6) is 0 Å². The minimum absolute atomic E-state index is 0.0510. The average molecular weight is 286 g/mol. The van der Waals surface area contributed by atoms with E-state index < -0.39 is 11.8 Å². The van der Waals surface area contributed by atoms with Crippen LogP contribution in [0.3, 0.4) is 0 Å². The topological polar surface area (TPSA) is 50.1 Å². The Morgan fingerprint density at radius 2 is 2.31 bits per heavy atom. The van der Waals surface area contributed by atoms with Crippen molar-refractivity contribution in [3.05, 3.63) is 34.6 Å². The summed E-state index contributed by atoms with van der Waals surface area (Å²) < 4.78 is 18.2. The molecular weight excluding hydrogens is 277 g/mol. The van der Waals surface area contributed by atoms with Crippen LogP contribution in [0.25, 0.3) is 0 Å². The number of carbonyl (C=O) groups excluding carboxylic acids is 1. The lowest BCUT2D eigenvalue weighted by Crippen LogP contribution is -2.07. The maximum Gasteiger partial charge on any atom is 0.338 e. The Kier molecular flexibility index (Phi) is 4.44. The van der Waals surface area contributed by atoms with Crippen molar-refractivity contribution in [3.8, 4) is 6.07 Å². The molecule has 0 aromatic heterocycles. The van der Waals surface area contributed by atoms with E-state index in [0.29, 0.717) is 10.9 Å². The van der Waals surface area contributed by atoms with Crippen molar-refractivity contribution in [2.75, 3.05) is 6.61 Å². The predicted octanol–water partition coefficient (Wildman–Crippen LogP) is 2.77. The number of nitrogens with zero attached hydrogens (tertiary/aromatic N) is 1. The molecule has 0 saturated carbocycles. The van der Waals surface area contributed by atoms with Crippen molar-refractivity contribution in [1.29, 1.82) is 5.26 Å². The quantitative estimate of drug-likeness (QED) is 0.634. The smallest absolute Gasteiger partial charge is 0.338 e. The molecule has 0 heterocycles. The largest absolute Gasteiger partial charge is 0.462 e. The fraction of sp³-hybridized carbons (Fsp3) is 0.273. The molecular formula is C11H9BrFNO2. The number of ether oxygens (including phenoxy) is 1. The second kappa shape index (κ2) is 5.61. The zero-order valence-electron chi connectivity index (χ0n) is 8.59. The van der Waals surface area contributed by atoms with Crippen molar-refractivity contribution >= 4 is 21.9 Å². The van der Waals surface area contributed by atoms with Gasteiger partial charge >= 0.3 is 5.97 Å². The highest BCUT2D eigenvalue weighted by molar-refractivity contribution is 9.08. The summed E-state index contributed by atoms with van der Waals surface area (Å²) in [7, 11) is 0. The fourth-order valence-electron chi connectivity index (χ4n) is 1.23. The highest BCUT2D eigenvalue weighted by Gasteiger charge is 2.14. The summed E-state index contributed by atoms with van der Waals surface area (Å²) in [4.78, 5) is 11.4. The predicted molar refractivity (Wildman–Crippen MR) is 59.7 cm³/mol. The summed E-state index contributed by atoms with van der Waals surface area (Å²) >= 11 is 3.14. The molecule has 1 aromatic carbocycles. The molecule has 16 heavy (non-hydrogen) atoms. The Hall–Kier alpha value is -1.41. The zero-order valence-corrected chi connectivity index (χ0v) is 10.2. The Morgan fingerprint density at radius 3 is 2.81 bits per heavy atom. The van der Waals surface area contributed by atoms with E-state index in [1.54, 1.807) is 13.0 Å². The molecule has 0 spiro atoms. The van der Waals surface area contributed by atoms with Gasteiger partial charge in [0.05, 0.1) is 17.7 Å². The second-order valence-electron chi connectivity index (χ2n) is 2.96. The first-order valence-corrected chi connectivity index (χ1v) is 5.71. The molecule has 0 aliphatic rings. The second-order valence-corrected chi connectivity index (χ2v) is 3.52. The maximum atomic E-state index is 13.4. The minimum atomic E-state index is -0.706. The highest BCUT2D eigenvalue weighted by atomic mass is 79.9. The molecule has 3 nitrogen and oxygen atoms in total. The molecule has 5 heteroatoms. The number of halogens is 2. The summed E-state index contributed by atoms with van der Waals surface area (Å²) in [6.07, 6.45) is 0. The minimum Gasteiger partial charge on any atom is -0.462 e. The Bertz CT molecular complexity index is 454. The van der Waals surface area contributed by atoms with E-state index in [1.807, 2.05) is 0 Å². The summed E-state index contributed by atoms with van der Waals surface area (Å²) in [5, 5.41) is 9.04. The van der Waals surface area contributed by atoms with Crippen LogP contribution in [0.15, 0.2) is 12.1 Å². The van der Waals surface area contributed by atoms with Crippen LogP contribution in [0.1, 0.15) is 28.4 Å². The van der Waals surface area contributed by atoms with E-state index in [1.165, 1.54) is 6.07 Å². The molecule has 0 aliphatic heterocycles. The number of benzene rings is 1. The van der Waals surface area contributed by atoms with E-state index in [4.69, 9.17) is 10.00 Å². The molecule has 0 amide bonds. The van der Waals surface area contributed by atoms with Crippen LogP contribution in [0, 0.1) is 17.1 Å². The number of hydrogen-bond acceptors (Lipinski definition) is 3. The molecule has 84 valence electrons. The Labute approximate surface area is 101 Å². The third kappa shape index (κ3) is 2.58. The molecule has 1 rings (SSSR count). The van der Waals surface area contributed by atoms with Crippen LogP contribution < -0.4 is 0 Å². The summed E-state index contributed by atoms with van der Waals surface area (Å²) in [6, 6.07) is 4.23. The lowest BCUT2D eigenvalue weighted by atomic mass is 10.1. The first-order chi connectivity index (χ1) is 7.63. The first-order valence-electron chi connectivity index (χ1n) is 4.59. The van der Waals surface area contributed by atoms with E-state index in [2.05, 4.69) is 15.9 Å². The lowest BCUT2D eigenvalue weighted by molar-refractivity contribution is 0.0525. The number of esters is 1. The van der Waals surface area contributed by atoms with Crippen molar-refractivity contribution in [2.45, 2.75) is 12.3 Å². The molecule has 0 aliphatic carbocycles. The molecule has 0 fully saturated rings. The normalized spacial score (nSPS) is 9.62. The van der Waals surface area contributed by atoms with E-state index in [-0.39, 0.29) is 17.7 Å². The van der Waals surface area contributed by atoms with Gasteiger partial charge in [-0.2, -0.15) is 5.26 Å². The fourth-order valence-corrected chi connectivity index (χ4v) is 1.67. The number of alkyl halides is 1. The van der Waals surface area contributed by atoms with Crippen LogP contribution in [-0.2, 0) is 10.1 Å². The summed E-state index contributed by atoms with van der Waals surface area (Å²) in [5.41, 5.74) is 0.503. The van der Waals surface area contributed by atoms with Gasteiger partial charge in [-0.15, -0.1) is 0 Å². The van der Waals surface area contributed by atoms with Gasteiger partial charge in [0, 0.05) is 5.33 Å². The molecule has 0 radical (unpaired) electrons. The molecule has 1 aromatic rings. The number of hydrogen-bond donors (Lipinski definition) is 0. The van der Waals surface area contributed by atoms with Gasteiger partial charge in [-0.3, -0.25) is 0 Å². The molecule has 0 bridgehead atoms. The van der Waals surface area contributed by atoms with Crippen LogP contribution in [0.4, 0.5) is 4.39 Å². The Morgan fingerprint density at radius 1 is 1.62 bits per heavy atom. The van der Waals surface area contributed by atoms with Gasteiger partial charge in [-0.1, -0.05) is 15.9 Å². The van der Waals surface area contributed by atoms with Gasteiger partial charge in [0.15, 0.2) is 0 Å². The van der Waals surface area contributed by atoms with E-state index in [0.717, 1.165) is 6.07 Å². The monoisotopic (exact) mass is 285 g/mol. The molecule has 0 atom stereocenters. The zero-order chi connectivity index (χ0) is 12.1. The molecule has 0 unspecified atom stereocenters. The number of nitriles is 1. The standard InChI is InChI=1S/C11H9BrFNO2/c1-2-16-11(15)7-3-8(5-12)9(6-14)10(13)4-7/h3-4H,2,5H2,1H3. The van der Waals surface area contributed by atoms with Gasteiger partial charge in [0.25, 0.3) is 0 Å². The first kappa shape index (κ1) is 12.7. The third-order valence-electron chi connectivity index (χ3n) is 1.94. The third-order valence-corrected chi connectivity index (χ3v) is 2.54. The lowest BCUT2D eigenvalue weighted by Gasteiger charge is -2.06. The number of carbonyl (C=O) groups is 1. The van der Waals surface area contributed by atoms with E-state index in [9.17, 15) is 9.18 Å². The van der Waals surface area contributed by atoms with Crippen LogP contribution in [0.2, 0.25) is 0 Å². The van der Waals surface area contributed by atoms with Crippen molar-refractivity contribution in [2.24, 2.45) is 0 Å². The SMILES string of the molecule is CCOC(=O)c1cc(F)c(C#N)c(CBr)c1. The van der Waals surface area contributed by atoms with Crippen molar-refractivity contribution in [1.82, 2.24) is 0 Å². The number of rotatable bonds is 3. The highest BCUT2D eigenvalue weighted by Crippen LogP contribution is 2.19. The van der Waals surface area contributed by atoms with Gasteiger partial charge < -0.3 is 4.74 Å². The summed E-state index contributed by atoms with van der Waals surface area (Å²) in [6.45, 7) is 1.90. The summed E-state index contributed by atoms with van der Waals surface area (Å²) in [5.74, 6) is -1.30. The van der Waals surface area contributed by atoms with Crippen LogP contribution >= 0.6 is 15.9 Å². The maximum absolute atomic E-state index is 13.4. The van der Waals surface area contributed by atoms with Crippen molar-refractivity contribution < 1.29 is 13.9 Å². The van der Waals surface area contributed by atoms with Gasteiger partial charge in [0.2, 0.25) is 0 Å². The van der Waals surface area contributed by atoms with Gasteiger partial charge in [-0.05, 0) is 24.6 Å². The van der Waals surface area contributed by atoms with E-state index >= 15 is 0 Å². The van der Waals surface area contributed by atoms with Crippen molar-refractivity contribution in [3.63, 3.8) is 0 Å². The van der Waals surface area contributed by atoms with Crippen LogP contribution in [-0.4, -0.2) is 12.6 Å².